The predicted molar refractivity (Wildman–Crippen MR) is 70.8 cm³/mol. The first-order valence-electron chi connectivity index (χ1n) is 5.59. The van der Waals surface area contributed by atoms with E-state index in [4.69, 9.17) is 28.3 Å². The van der Waals surface area contributed by atoms with Gasteiger partial charge >= 0.3 is 0 Å². The van der Waals surface area contributed by atoms with Crippen molar-refractivity contribution in [1.29, 1.82) is 0 Å². The monoisotopic (exact) mass is 277 g/mol. The molecule has 0 atom stereocenters. The van der Waals surface area contributed by atoms with E-state index >= 15 is 0 Å². The minimum absolute atomic E-state index is 0.00961. The second-order valence-corrected chi connectivity index (χ2v) is 4.63. The van der Waals surface area contributed by atoms with Crippen molar-refractivity contribution in [3.8, 4) is 5.75 Å². The van der Waals surface area contributed by atoms with Crippen molar-refractivity contribution >= 4 is 23.2 Å². The molecule has 1 aromatic rings. The molecule has 96 valence electrons. The molecule has 0 saturated heterocycles. The molecule has 0 bridgehead atoms. The first-order chi connectivity index (χ1) is 8.10. The van der Waals surface area contributed by atoms with Gasteiger partial charge in [0.1, 0.15) is 10.8 Å². The van der Waals surface area contributed by atoms with Crippen molar-refractivity contribution in [3.63, 3.8) is 0 Å². The van der Waals surface area contributed by atoms with Crippen molar-refractivity contribution in [2.45, 2.75) is 19.9 Å². The summed E-state index contributed by atoms with van der Waals surface area (Å²) < 4.78 is 0. The van der Waals surface area contributed by atoms with Crippen LogP contribution >= 0.6 is 23.2 Å². The standard InChI is InChI=1S/C12H17Cl2NO2/c1-2-5-15(6-7-16)8-9-3-4-10(17)12(14)11(9)13/h3-4,16-17H,2,5-8H2,1H3. The molecule has 0 aliphatic carbocycles. The molecule has 0 aliphatic heterocycles. The Morgan fingerprint density at radius 1 is 1.18 bits per heavy atom. The number of rotatable bonds is 6. The molecule has 0 amide bonds. The molecular weight excluding hydrogens is 261 g/mol. The zero-order chi connectivity index (χ0) is 12.8. The Morgan fingerprint density at radius 2 is 1.88 bits per heavy atom. The fraction of sp³-hybridized carbons (Fsp3) is 0.500. The topological polar surface area (TPSA) is 43.7 Å². The van der Waals surface area contributed by atoms with Gasteiger partial charge in [0.05, 0.1) is 11.6 Å². The lowest BCUT2D eigenvalue weighted by molar-refractivity contribution is 0.190. The first kappa shape index (κ1) is 14.6. The molecule has 17 heavy (non-hydrogen) atoms. The van der Waals surface area contributed by atoms with Crippen molar-refractivity contribution in [1.82, 2.24) is 4.90 Å². The average Bonchev–Trinajstić information content (AvgIpc) is 2.30. The van der Waals surface area contributed by atoms with Crippen molar-refractivity contribution in [2.75, 3.05) is 19.7 Å². The highest BCUT2D eigenvalue weighted by atomic mass is 35.5. The summed E-state index contributed by atoms with van der Waals surface area (Å²) in [7, 11) is 0. The average molecular weight is 278 g/mol. The molecule has 0 heterocycles. The summed E-state index contributed by atoms with van der Waals surface area (Å²) in [5, 5.41) is 18.9. The fourth-order valence-corrected chi connectivity index (χ4v) is 2.07. The van der Waals surface area contributed by atoms with E-state index in [1.165, 1.54) is 6.07 Å². The van der Waals surface area contributed by atoms with Crippen LogP contribution in [0, 0.1) is 0 Å². The van der Waals surface area contributed by atoms with E-state index in [0.717, 1.165) is 18.5 Å². The van der Waals surface area contributed by atoms with Crippen LogP contribution in [0.25, 0.3) is 0 Å². The highest BCUT2D eigenvalue weighted by Gasteiger charge is 2.12. The molecule has 0 fully saturated rings. The van der Waals surface area contributed by atoms with Gasteiger partial charge in [-0.1, -0.05) is 36.2 Å². The maximum absolute atomic E-state index is 9.40. The molecule has 0 saturated carbocycles. The summed E-state index contributed by atoms with van der Waals surface area (Å²) in [4.78, 5) is 2.09. The smallest absolute Gasteiger partial charge is 0.135 e. The van der Waals surface area contributed by atoms with Crippen LogP contribution in [0.2, 0.25) is 10.0 Å². The Hall–Kier alpha value is -0.480. The lowest BCUT2D eigenvalue weighted by atomic mass is 10.2. The van der Waals surface area contributed by atoms with E-state index in [9.17, 15) is 5.11 Å². The zero-order valence-corrected chi connectivity index (χ0v) is 11.3. The third kappa shape index (κ3) is 4.03. The van der Waals surface area contributed by atoms with Gasteiger partial charge in [-0.2, -0.15) is 0 Å². The van der Waals surface area contributed by atoms with Gasteiger partial charge < -0.3 is 10.2 Å². The zero-order valence-electron chi connectivity index (χ0n) is 9.79. The number of benzene rings is 1. The van der Waals surface area contributed by atoms with Gasteiger partial charge in [0.2, 0.25) is 0 Å². The number of phenolic OH excluding ortho intramolecular Hbond substituents is 1. The van der Waals surface area contributed by atoms with Crippen LogP contribution in [-0.4, -0.2) is 34.8 Å². The van der Waals surface area contributed by atoms with Crippen molar-refractivity contribution < 1.29 is 10.2 Å². The summed E-state index contributed by atoms with van der Waals surface area (Å²) in [5.41, 5.74) is 0.858. The second-order valence-electron chi connectivity index (χ2n) is 3.87. The van der Waals surface area contributed by atoms with E-state index in [2.05, 4.69) is 11.8 Å². The van der Waals surface area contributed by atoms with Crippen LogP contribution in [0.4, 0.5) is 0 Å². The maximum atomic E-state index is 9.40. The Labute approximate surface area is 112 Å². The molecule has 2 N–H and O–H groups in total. The highest BCUT2D eigenvalue weighted by Crippen LogP contribution is 2.34. The normalized spacial score (nSPS) is 11.1. The second kappa shape index (κ2) is 7.07. The Bertz CT molecular complexity index is 366. The van der Waals surface area contributed by atoms with Crippen LogP contribution in [0.1, 0.15) is 18.9 Å². The number of hydrogen-bond acceptors (Lipinski definition) is 3. The van der Waals surface area contributed by atoms with Crippen LogP contribution in [0.3, 0.4) is 0 Å². The summed E-state index contributed by atoms with van der Waals surface area (Å²) in [6, 6.07) is 3.29. The molecule has 0 unspecified atom stereocenters. The Balaban J connectivity index is 2.82. The van der Waals surface area contributed by atoms with Gasteiger partial charge in [-0.15, -0.1) is 0 Å². The molecular formula is C12H17Cl2NO2. The quantitative estimate of drug-likeness (QED) is 0.841. The van der Waals surface area contributed by atoms with Crippen LogP contribution in [0.15, 0.2) is 12.1 Å². The van der Waals surface area contributed by atoms with Gasteiger partial charge in [-0.05, 0) is 24.6 Å². The number of aliphatic hydroxyl groups is 1. The predicted octanol–water partition coefficient (Wildman–Crippen LogP) is 2.90. The summed E-state index contributed by atoms with van der Waals surface area (Å²) in [6.45, 7) is 4.30. The number of phenols is 1. The van der Waals surface area contributed by atoms with Crippen molar-refractivity contribution in [2.24, 2.45) is 0 Å². The van der Waals surface area contributed by atoms with E-state index < -0.39 is 0 Å². The van der Waals surface area contributed by atoms with Gasteiger partial charge in [-0.25, -0.2) is 0 Å². The van der Waals surface area contributed by atoms with E-state index in [1.54, 1.807) is 6.07 Å². The summed E-state index contributed by atoms with van der Waals surface area (Å²) in [5.74, 6) is -0.00961. The molecule has 1 rings (SSSR count). The lowest BCUT2D eigenvalue weighted by Gasteiger charge is -2.21. The Kier molecular flexibility index (Phi) is 6.06. The van der Waals surface area contributed by atoms with E-state index in [0.29, 0.717) is 18.1 Å². The fourth-order valence-electron chi connectivity index (χ4n) is 1.67. The molecule has 1 aromatic carbocycles. The first-order valence-corrected chi connectivity index (χ1v) is 6.34. The molecule has 0 spiro atoms. The van der Waals surface area contributed by atoms with Gasteiger partial charge in [0.15, 0.2) is 0 Å². The van der Waals surface area contributed by atoms with Crippen LogP contribution in [0.5, 0.6) is 5.75 Å². The largest absolute Gasteiger partial charge is 0.506 e. The van der Waals surface area contributed by atoms with Crippen LogP contribution in [-0.2, 0) is 6.54 Å². The maximum Gasteiger partial charge on any atom is 0.135 e. The molecule has 0 aliphatic rings. The Morgan fingerprint density at radius 3 is 2.47 bits per heavy atom. The minimum atomic E-state index is -0.00961. The third-order valence-corrected chi connectivity index (χ3v) is 3.40. The van der Waals surface area contributed by atoms with Crippen molar-refractivity contribution in [3.05, 3.63) is 27.7 Å². The number of hydrogen-bond donors (Lipinski definition) is 2. The lowest BCUT2D eigenvalue weighted by Crippen LogP contribution is -2.27. The van der Waals surface area contributed by atoms with Crippen LogP contribution < -0.4 is 0 Å². The minimum Gasteiger partial charge on any atom is -0.506 e. The summed E-state index contributed by atoms with van der Waals surface area (Å²) >= 11 is 11.9. The number of aliphatic hydroxyl groups excluding tert-OH is 1. The van der Waals surface area contributed by atoms with Gasteiger partial charge in [0.25, 0.3) is 0 Å². The number of halogens is 2. The number of nitrogens with zero attached hydrogens (tertiary/aromatic N) is 1. The molecule has 0 radical (unpaired) electrons. The van der Waals surface area contributed by atoms with Gasteiger partial charge in [0, 0.05) is 13.1 Å². The molecule has 3 nitrogen and oxygen atoms in total. The van der Waals surface area contributed by atoms with E-state index in [1.807, 2.05) is 0 Å². The molecule has 5 heteroatoms. The SMILES string of the molecule is CCCN(CCO)Cc1ccc(O)c(Cl)c1Cl. The third-order valence-electron chi connectivity index (χ3n) is 2.49. The highest BCUT2D eigenvalue weighted by molar-refractivity contribution is 6.43. The number of aromatic hydroxyl groups is 1. The molecule has 0 aromatic heterocycles. The van der Waals surface area contributed by atoms with Gasteiger partial charge in [-0.3, -0.25) is 4.90 Å². The van der Waals surface area contributed by atoms with E-state index in [-0.39, 0.29) is 17.4 Å². The summed E-state index contributed by atoms with van der Waals surface area (Å²) in [6.07, 6.45) is 1.00.